The summed E-state index contributed by atoms with van der Waals surface area (Å²) in [7, 11) is 0. The Bertz CT molecular complexity index is 999. The number of rotatable bonds is 8. The number of aryl methyl sites for hydroxylation is 1. The standard InChI is InChI=1S/C23H26ClN3O3/c1-15(2)17-4-6-18(7-5-17)22(28)13-25-23(29)21-10-11-27(26-21)14-30-19-8-9-20(24)16(3)12-19/h4-12,15,22,28H,13-14H2,1-3H3,(H,25,29). The van der Waals surface area contributed by atoms with Gasteiger partial charge in [-0.3, -0.25) is 4.79 Å². The molecule has 158 valence electrons. The molecule has 0 saturated heterocycles. The highest BCUT2D eigenvalue weighted by molar-refractivity contribution is 6.31. The first kappa shape index (κ1) is 21.9. The maximum absolute atomic E-state index is 12.3. The molecular formula is C23H26ClN3O3. The van der Waals surface area contributed by atoms with Crippen molar-refractivity contribution in [2.24, 2.45) is 0 Å². The van der Waals surface area contributed by atoms with Gasteiger partial charge in [0.05, 0.1) is 6.10 Å². The van der Waals surface area contributed by atoms with Crippen LogP contribution in [0.5, 0.6) is 5.75 Å². The summed E-state index contributed by atoms with van der Waals surface area (Å²) in [5, 5.41) is 17.9. The topological polar surface area (TPSA) is 76.4 Å². The van der Waals surface area contributed by atoms with Crippen molar-refractivity contribution in [3.63, 3.8) is 0 Å². The van der Waals surface area contributed by atoms with E-state index in [2.05, 4.69) is 24.3 Å². The Hall–Kier alpha value is -2.83. The molecule has 1 unspecified atom stereocenters. The minimum absolute atomic E-state index is 0.104. The Morgan fingerprint density at radius 2 is 1.87 bits per heavy atom. The summed E-state index contributed by atoms with van der Waals surface area (Å²) in [6.45, 7) is 6.41. The summed E-state index contributed by atoms with van der Waals surface area (Å²) >= 11 is 6.01. The van der Waals surface area contributed by atoms with E-state index in [1.54, 1.807) is 24.4 Å². The van der Waals surface area contributed by atoms with Crippen molar-refractivity contribution in [1.29, 1.82) is 0 Å². The van der Waals surface area contributed by atoms with Gasteiger partial charge in [-0.2, -0.15) is 5.10 Å². The molecule has 0 bridgehead atoms. The summed E-state index contributed by atoms with van der Waals surface area (Å²) in [6.07, 6.45) is 0.882. The highest BCUT2D eigenvalue weighted by Gasteiger charge is 2.13. The minimum Gasteiger partial charge on any atom is -0.471 e. The SMILES string of the molecule is Cc1cc(OCn2ccc(C(=O)NCC(O)c3ccc(C(C)C)cc3)n2)ccc1Cl. The summed E-state index contributed by atoms with van der Waals surface area (Å²) in [6, 6.07) is 14.8. The highest BCUT2D eigenvalue weighted by Crippen LogP contribution is 2.21. The molecule has 0 spiro atoms. The summed E-state index contributed by atoms with van der Waals surface area (Å²) in [4.78, 5) is 12.3. The minimum atomic E-state index is -0.784. The van der Waals surface area contributed by atoms with Crippen molar-refractivity contribution < 1.29 is 14.6 Å². The van der Waals surface area contributed by atoms with E-state index in [1.165, 1.54) is 10.2 Å². The van der Waals surface area contributed by atoms with Gasteiger partial charge in [-0.1, -0.05) is 49.7 Å². The van der Waals surface area contributed by atoms with E-state index >= 15 is 0 Å². The van der Waals surface area contributed by atoms with Crippen molar-refractivity contribution in [2.45, 2.75) is 39.5 Å². The number of aliphatic hydroxyl groups is 1. The predicted octanol–water partition coefficient (Wildman–Crippen LogP) is 4.47. The molecule has 2 aromatic carbocycles. The lowest BCUT2D eigenvalue weighted by Crippen LogP contribution is -2.28. The lowest BCUT2D eigenvalue weighted by molar-refractivity contribution is 0.0909. The van der Waals surface area contributed by atoms with Crippen LogP contribution in [-0.4, -0.2) is 27.3 Å². The third-order valence-corrected chi connectivity index (χ3v) is 5.23. The molecule has 1 aromatic heterocycles. The molecule has 3 aromatic rings. The molecule has 0 aliphatic carbocycles. The van der Waals surface area contributed by atoms with Gasteiger partial charge in [0.1, 0.15) is 11.4 Å². The highest BCUT2D eigenvalue weighted by atomic mass is 35.5. The van der Waals surface area contributed by atoms with Crippen LogP contribution in [0, 0.1) is 6.92 Å². The first-order chi connectivity index (χ1) is 14.3. The molecule has 3 rings (SSSR count). The first-order valence-electron chi connectivity index (χ1n) is 9.82. The van der Waals surface area contributed by atoms with Crippen LogP contribution in [0.3, 0.4) is 0 Å². The smallest absolute Gasteiger partial charge is 0.271 e. The zero-order valence-electron chi connectivity index (χ0n) is 17.3. The molecular weight excluding hydrogens is 402 g/mol. The van der Waals surface area contributed by atoms with Crippen molar-refractivity contribution in [3.05, 3.63) is 82.1 Å². The van der Waals surface area contributed by atoms with Gasteiger partial charge in [0, 0.05) is 17.8 Å². The molecule has 2 N–H and O–H groups in total. The van der Waals surface area contributed by atoms with E-state index in [4.69, 9.17) is 16.3 Å². The lowest BCUT2D eigenvalue weighted by atomic mass is 10.00. The second-order valence-corrected chi connectivity index (χ2v) is 7.88. The predicted molar refractivity (Wildman–Crippen MR) is 117 cm³/mol. The number of hydrogen-bond donors (Lipinski definition) is 2. The fraction of sp³-hybridized carbons (Fsp3) is 0.304. The molecule has 1 atom stereocenters. The molecule has 0 aliphatic heterocycles. The van der Waals surface area contributed by atoms with E-state index in [1.807, 2.05) is 37.3 Å². The molecule has 0 aliphatic rings. The normalized spacial score (nSPS) is 12.1. The van der Waals surface area contributed by atoms with E-state index < -0.39 is 6.10 Å². The molecule has 6 nitrogen and oxygen atoms in total. The largest absolute Gasteiger partial charge is 0.471 e. The van der Waals surface area contributed by atoms with E-state index in [0.29, 0.717) is 16.7 Å². The quantitative estimate of drug-likeness (QED) is 0.556. The zero-order chi connectivity index (χ0) is 21.7. The Labute approximate surface area is 181 Å². The molecule has 0 saturated carbocycles. The number of ether oxygens (including phenoxy) is 1. The van der Waals surface area contributed by atoms with Crippen LogP contribution in [0.15, 0.2) is 54.7 Å². The van der Waals surface area contributed by atoms with E-state index in [9.17, 15) is 9.90 Å². The number of amides is 1. The fourth-order valence-corrected chi connectivity index (χ4v) is 3.02. The second-order valence-electron chi connectivity index (χ2n) is 7.47. The van der Waals surface area contributed by atoms with Crippen molar-refractivity contribution in [3.8, 4) is 5.75 Å². The van der Waals surface area contributed by atoms with Crippen LogP contribution >= 0.6 is 11.6 Å². The van der Waals surface area contributed by atoms with E-state index in [0.717, 1.165) is 11.1 Å². The van der Waals surface area contributed by atoms with Crippen LogP contribution < -0.4 is 10.1 Å². The number of halogens is 1. The number of nitrogens with one attached hydrogen (secondary N) is 1. The lowest BCUT2D eigenvalue weighted by Gasteiger charge is -2.13. The summed E-state index contributed by atoms with van der Waals surface area (Å²) < 4.78 is 7.20. The van der Waals surface area contributed by atoms with Gasteiger partial charge in [-0.25, -0.2) is 4.68 Å². The second kappa shape index (κ2) is 9.78. The Morgan fingerprint density at radius 3 is 2.53 bits per heavy atom. The van der Waals surface area contributed by atoms with Gasteiger partial charge >= 0.3 is 0 Å². The molecule has 0 radical (unpaired) electrons. The van der Waals surface area contributed by atoms with Crippen LogP contribution in [0.25, 0.3) is 0 Å². The number of benzene rings is 2. The van der Waals surface area contributed by atoms with Gasteiger partial charge in [0.15, 0.2) is 6.73 Å². The molecule has 0 fully saturated rings. The molecule has 7 heteroatoms. The molecule has 30 heavy (non-hydrogen) atoms. The van der Waals surface area contributed by atoms with Crippen LogP contribution in [0.4, 0.5) is 0 Å². The first-order valence-corrected chi connectivity index (χ1v) is 10.2. The van der Waals surface area contributed by atoms with Crippen LogP contribution in [-0.2, 0) is 6.73 Å². The number of aromatic nitrogens is 2. The fourth-order valence-electron chi connectivity index (χ4n) is 2.90. The van der Waals surface area contributed by atoms with Crippen molar-refractivity contribution >= 4 is 17.5 Å². The van der Waals surface area contributed by atoms with Gasteiger partial charge in [-0.05, 0) is 53.8 Å². The van der Waals surface area contributed by atoms with Gasteiger partial charge in [0.2, 0.25) is 0 Å². The third kappa shape index (κ3) is 5.62. The number of carbonyl (C=O) groups excluding carboxylic acids is 1. The maximum atomic E-state index is 12.3. The third-order valence-electron chi connectivity index (χ3n) is 4.81. The van der Waals surface area contributed by atoms with Gasteiger partial charge < -0.3 is 15.2 Å². The number of carbonyl (C=O) groups is 1. The van der Waals surface area contributed by atoms with Crippen molar-refractivity contribution in [1.82, 2.24) is 15.1 Å². The monoisotopic (exact) mass is 427 g/mol. The summed E-state index contributed by atoms with van der Waals surface area (Å²) in [5.41, 5.74) is 3.15. The van der Waals surface area contributed by atoms with Gasteiger partial charge in [-0.15, -0.1) is 0 Å². The van der Waals surface area contributed by atoms with E-state index in [-0.39, 0.29) is 24.9 Å². The Kier molecular flexibility index (Phi) is 7.13. The number of nitrogens with zero attached hydrogens (tertiary/aromatic N) is 2. The number of aliphatic hydroxyl groups excluding tert-OH is 1. The molecule has 1 heterocycles. The Balaban J connectivity index is 1.51. The van der Waals surface area contributed by atoms with Crippen LogP contribution in [0.1, 0.15) is 53.0 Å². The maximum Gasteiger partial charge on any atom is 0.271 e. The summed E-state index contributed by atoms with van der Waals surface area (Å²) in [5.74, 6) is 0.748. The molecule has 1 amide bonds. The van der Waals surface area contributed by atoms with Crippen molar-refractivity contribution in [2.75, 3.05) is 6.54 Å². The van der Waals surface area contributed by atoms with Gasteiger partial charge in [0.25, 0.3) is 5.91 Å². The number of hydrogen-bond acceptors (Lipinski definition) is 4. The average Bonchev–Trinajstić information content (AvgIpc) is 3.22. The zero-order valence-corrected chi connectivity index (χ0v) is 18.1. The average molecular weight is 428 g/mol. The Morgan fingerprint density at radius 1 is 1.17 bits per heavy atom. The van der Waals surface area contributed by atoms with Crippen LogP contribution in [0.2, 0.25) is 5.02 Å².